The van der Waals surface area contributed by atoms with Gasteiger partial charge in [0, 0.05) is 18.8 Å². The number of fused-ring (bicyclic) bond motifs is 1. The molecule has 0 amide bonds. The smallest absolute Gasteiger partial charge is 0.191 e. The molecule has 1 aromatic rings. The molecular weight excluding hydrogens is 363 g/mol. The molecule has 0 saturated heterocycles. The molecule has 4 nitrogen and oxygen atoms in total. The van der Waals surface area contributed by atoms with E-state index in [0.717, 1.165) is 12.1 Å². The zero-order chi connectivity index (χ0) is 13.2. The summed E-state index contributed by atoms with van der Waals surface area (Å²) in [5.41, 5.74) is 9.72. The Hall–Kier alpha value is -0.850. The monoisotopic (exact) mass is 386 g/mol. The van der Waals surface area contributed by atoms with Crippen LogP contribution in [0.3, 0.4) is 0 Å². The quantitative estimate of drug-likeness (QED) is 0.494. The Bertz CT molecular complexity index is 497. The van der Waals surface area contributed by atoms with Crippen LogP contribution in [0, 0.1) is 0 Å². The van der Waals surface area contributed by atoms with Gasteiger partial charge in [-0.1, -0.05) is 6.07 Å². The lowest BCUT2D eigenvalue weighted by atomic mass is 9.96. The average molecular weight is 386 g/mol. The van der Waals surface area contributed by atoms with Gasteiger partial charge < -0.3 is 10.6 Å². The molecule has 1 fully saturated rings. The lowest BCUT2D eigenvalue weighted by Crippen LogP contribution is -2.35. The third-order valence-electron chi connectivity index (χ3n) is 4.09. The highest BCUT2D eigenvalue weighted by molar-refractivity contribution is 14.0. The van der Waals surface area contributed by atoms with Gasteiger partial charge in [0.05, 0.1) is 12.2 Å². The van der Waals surface area contributed by atoms with Gasteiger partial charge in [0.15, 0.2) is 5.96 Å². The first-order valence-electron chi connectivity index (χ1n) is 7.24. The topological polar surface area (TPSA) is 54.5 Å². The van der Waals surface area contributed by atoms with Crippen LogP contribution < -0.4 is 5.73 Å². The standard InChI is InChI=1S/C15H22N4.HI/c1-19(13-8-9-13)15(16)17-10-12-7-6-11-4-2-3-5-14(11)18-12;/h6-7,13H,2-5,8-10H2,1H3,(H2,16,17);1H. The maximum atomic E-state index is 5.99. The minimum atomic E-state index is 0. The lowest BCUT2D eigenvalue weighted by Gasteiger charge is -2.17. The number of halogens is 1. The molecule has 0 bridgehead atoms. The molecule has 1 saturated carbocycles. The molecule has 0 unspecified atom stereocenters. The van der Waals surface area contributed by atoms with E-state index in [4.69, 9.17) is 10.7 Å². The minimum Gasteiger partial charge on any atom is -0.370 e. The predicted molar refractivity (Wildman–Crippen MR) is 92.4 cm³/mol. The summed E-state index contributed by atoms with van der Waals surface area (Å²) in [6, 6.07) is 4.92. The molecular formula is C15H23IN4. The van der Waals surface area contributed by atoms with Gasteiger partial charge in [-0.2, -0.15) is 0 Å². The summed E-state index contributed by atoms with van der Waals surface area (Å²) in [5, 5.41) is 0. The number of aliphatic imine (C=N–C) groups is 1. The van der Waals surface area contributed by atoms with Crippen LogP contribution in [0.15, 0.2) is 17.1 Å². The highest BCUT2D eigenvalue weighted by Gasteiger charge is 2.27. The van der Waals surface area contributed by atoms with Crippen molar-refractivity contribution in [1.82, 2.24) is 9.88 Å². The van der Waals surface area contributed by atoms with E-state index in [-0.39, 0.29) is 24.0 Å². The largest absolute Gasteiger partial charge is 0.370 e. The number of pyridine rings is 1. The summed E-state index contributed by atoms with van der Waals surface area (Å²) in [7, 11) is 2.02. The van der Waals surface area contributed by atoms with Gasteiger partial charge in [0.25, 0.3) is 0 Å². The van der Waals surface area contributed by atoms with Gasteiger partial charge in [-0.3, -0.25) is 4.98 Å². The van der Waals surface area contributed by atoms with Crippen molar-refractivity contribution in [3.05, 3.63) is 29.1 Å². The summed E-state index contributed by atoms with van der Waals surface area (Å²) in [4.78, 5) is 11.3. The Labute approximate surface area is 137 Å². The number of aryl methyl sites for hydroxylation is 2. The molecule has 0 aromatic carbocycles. The van der Waals surface area contributed by atoms with Crippen molar-refractivity contribution >= 4 is 29.9 Å². The van der Waals surface area contributed by atoms with E-state index in [0.29, 0.717) is 18.5 Å². The predicted octanol–water partition coefficient (Wildman–Crippen LogP) is 2.49. The minimum absolute atomic E-state index is 0. The Kier molecular flexibility index (Phi) is 5.23. The third-order valence-corrected chi connectivity index (χ3v) is 4.09. The number of hydrogen-bond donors (Lipinski definition) is 1. The molecule has 1 heterocycles. The van der Waals surface area contributed by atoms with Crippen LogP contribution in [0.5, 0.6) is 0 Å². The fraction of sp³-hybridized carbons (Fsp3) is 0.600. The second kappa shape index (κ2) is 6.74. The number of nitrogens with two attached hydrogens (primary N) is 1. The first-order chi connectivity index (χ1) is 9.24. The van der Waals surface area contributed by atoms with Gasteiger partial charge in [-0.15, -0.1) is 24.0 Å². The summed E-state index contributed by atoms with van der Waals surface area (Å²) >= 11 is 0. The normalized spacial score (nSPS) is 18.1. The Morgan fingerprint density at radius 1 is 1.35 bits per heavy atom. The molecule has 2 aliphatic rings. The third kappa shape index (κ3) is 3.62. The first-order valence-corrected chi connectivity index (χ1v) is 7.24. The van der Waals surface area contributed by atoms with Crippen LogP contribution >= 0.6 is 24.0 Å². The number of nitrogens with zero attached hydrogens (tertiary/aromatic N) is 3. The molecule has 5 heteroatoms. The van der Waals surface area contributed by atoms with Gasteiger partial charge in [-0.05, 0) is 50.2 Å². The second-order valence-corrected chi connectivity index (χ2v) is 5.63. The zero-order valence-corrected chi connectivity index (χ0v) is 14.3. The van der Waals surface area contributed by atoms with Crippen LogP contribution in [-0.2, 0) is 19.4 Å². The molecule has 0 aliphatic heterocycles. The summed E-state index contributed by atoms with van der Waals surface area (Å²) in [6.45, 7) is 0.593. The molecule has 0 atom stereocenters. The van der Waals surface area contributed by atoms with Crippen LogP contribution in [-0.4, -0.2) is 28.9 Å². The Morgan fingerprint density at radius 3 is 2.85 bits per heavy atom. The van der Waals surface area contributed by atoms with Crippen LogP contribution in [0.25, 0.3) is 0 Å². The number of hydrogen-bond acceptors (Lipinski definition) is 2. The van der Waals surface area contributed by atoms with Crippen molar-refractivity contribution in [2.45, 2.75) is 51.1 Å². The maximum Gasteiger partial charge on any atom is 0.191 e. The van der Waals surface area contributed by atoms with Crippen molar-refractivity contribution < 1.29 is 0 Å². The zero-order valence-electron chi connectivity index (χ0n) is 12.0. The van der Waals surface area contributed by atoms with Gasteiger partial charge in [0.2, 0.25) is 0 Å². The van der Waals surface area contributed by atoms with E-state index in [2.05, 4.69) is 22.0 Å². The van der Waals surface area contributed by atoms with E-state index in [1.54, 1.807) is 0 Å². The van der Waals surface area contributed by atoms with E-state index in [9.17, 15) is 0 Å². The van der Waals surface area contributed by atoms with Crippen LogP contribution in [0.2, 0.25) is 0 Å². The van der Waals surface area contributed by atoms with E-state index in [1.807, 2.05) is 7.05 Å². The highest BCUT2D eigenvalue weighted by atomic mass is 127. The Balaban J connectivity index is 0.00000147. The van der Waals surface area contributed by atoms with Gasteiger partial charge in [0.1, 0.15) is 0 Å². The van der Waals surface area contributed by atoms with Gasteiger partial charge >= 0.3 is 0 Å². The van der Waals surface area contributed by atoms with E-state index >= 15 is 0 Å². The van der Waals surface area contributed by atoms with E-state index in [1.165, 1.54) is 43.4 Å². The first kappa shape index (κ1) is 15.5. The SMILES string of the molecule is CN(C(N)=NCc1ccc2c(n1)CCCC2)C1CC1.I. The molecule has 0 spiro atoms. The fourth-order valence-electron chi connectivity index (χ4n) is 2.64. The summed E-state index contributed by atoms with van der Waals surface area (Å²) in [6.07, 6.45) is 7.33. The number of rotatable bonds is 3. The van der Waals surface area contributed by atoms with Crippen molar-refractivity contribution in [2.24, 2.45) is 10.7 Å². The van der Waals surface area contributed by atoms with Crippen molar-refractivity contribution in [1.29, 1.82) is 0 Å². The molecule has 3 rings (SSSR count). The van der Waals surface area contributed by atoms with Crippen molar-refractivity contribution in [3.8, 4) is 0 Å². The molecule has 2 aliphatic carbocycles. The fourth-order valence-corrected chi connectivity index (χ4v) is 2.64. The lowest BCUT2D eigenvalue weighted by molar-refractivity contribution is 0.487. The molecule has 2 N–H and O–H groups in total. The van der Waals surface area contributed by atoms with Crippen molar-refractivity contribution in [3.63, 3.8) is 0 Å². The van der Waals surface area contributed by atoms with Crippen molar-refractivity contribution in [2.75, 3.05) is 7.05 Å². The van der Waals surface area contributed by atoms with Crippen LogP contribution in [0.4, 0.5) is 0 Å². The van der Waals surface area contributed by atoms with Crippen LogP contribution in [0.1, 0.15) is 42.6 Å². The summed E-state index contributed by atoms with van der Waals surface area (Å²) in [5.74, 6) is 0.641. The molecule has 20 heavy (non-hydrogen) atoms. The Morgan fingerprint density at radius 2 is 2.10 bits per heavy atom. The number of aromatic nitrogens is 1. The van der Waals surface area contributed by atoms with Gasteiger partial charge in [-0.25, -0.2) is 4.99 Å². The molecule has 1 aromatic heterocycles. The summed E-state index contributed by atoms with van der Waals surface area (Å²) < 4.78 is 0. The number of guanidine groups is 1. The second-order valence-electron chi connectivity index (χ2n) is 5.63. The molecule has 110 valence electrons. The average Bonchev–Trinajstić information content (AvgIpc) is 3.28. The highest BCUT2D eigenvalue weighted by Crippen LogP contribution is 2.25. The maximum absolute atomic E-state index is 5.99. The van der Waals surface area contributed by atoms with E-state index < -0.39 is 0 Å². The molecule has 0 radical (unpaired) electrons.